The van der Waals surface area contributed by atoms with E-state index in [4.69, 9.17) is 9.26 Å². The molecule has 2 N–H and O–H groups in total. The van der Waals surface area contributed by atoms with Gasteiger partial charge in [0, 0.05) is 17.8 Å². The molecule has 8 nitrogen and oxygen atoms in total. The minimum Gasteiger partial charge on any atom is -0.497 e. The van der Waals surface area contributed by atoms with Gasteiger partial charge in [-0.05, 0) is 48.9 Å². The topological polar surface area (TPSA) is 111 Å². The molecule has 3 aromatic rings. The van der Waals surface area contributed by atoms with Crippen LogP contribution in [0, 0.1) is 6.92 Å². The van der Waals surface area contributed by atoms with Crippen molar-refractivity contribution in [2.45, 2.75) is 31.0 Å². The number of rotatable bonds is 9. The van der Waals surface area contributed by atoms with Crippen LogP contribution in [0.5, 0.6) is 5.75 Å². The van der Waals surface area contributed by atoms with Crippen molar-refractivity contribution in [1.82, 2.24) is 9.88 Å². The van der Waals surface area contributed by atoms with Crippen molar-refractivity contribution in [1.29, 1.82) is 0 Å². The predicted molar refractivity (Wildman–Crippen MR) is 120 cm³/mol. The lowest BCUT2D eigenvalue weighted by atomic mass is 10.2. The highest BCUT2D eigenvalue weighted by molar-refractivity contribution is 7.91. The average molecular weight is 462 g/mol. The van der Waals surface area contributed by atoms with Crippen LogP contribution in [0.1, 0.15) is 35.2 Å². The molecule has 1 aromatic carbocycles. The number of carbonyl (C=O) groups excluding carboxylic acids is 1. The Morgan fingerprint density at radius 2 is 2.06 bits per heavy atom. The number of sulfonamides is 1. The molecule has 10 heteroatoms. The number of aryl methyl sites for hydroxylation is 1. The van der Waals surface area contributed by atoms with Gasteiger partial charge < -0.3 is 14.6 Å². The SMILES string of the molecule is CCC(=O)Nc1c(C)noc1C=Cc1ccc(S(=O)(=O)NCc2cccc(OC)c2)s1. The van der Waals surface area contributed by atoms with Crippen molar-refractivity contribution in [2.24, 2.45) is 0 Å². The van der Waals surface area contributed by atoms with E-state index in [0.717, 1.165) is 16.9 Å². The zero-order valence-electron chi connectivity index (χ0n) is 17.3. The molecule has 0 fully saturated rings. The quantitative estimate of drug-likeness (QED) is 0.497. The number of nitrogens with one attached hydrogen (secondary N) is 2. The van der Waals surface area contributed by atoms with Gasteiger partial charge in [0.25, 0.3) is 0 Å². The van der Waals surface area contributed by atoms with E-state index in [0.29, 0.717) is 34.2 Å². The van der Waals surface area contributed by atoms with Crippen molar-refractivity contribution >= 4 is 45.1 Å². The number of nitrogens with zero attached hydrogens (tertiary/aromatic N) is 1. The van der Waals surface area contributed by atoms with E-state index < -0.39 is 10.0 Å². The Hall–Kier alpha value is -2.95. The summed E-state index contributed by atoms with van der Waals surface area (Å²) in [5.41, 5.74) is 1.87. The van der Waals surface area contributed by atoms with Gasteiger partial charge in [-0.3, -0.25) is 4.79 Å². The molecule has 0 spiro atoms. The van der Waals surface area contributed by atoms with Crippen LogP contribution in [0.2, 0.25) is 0 Å². The van der Waals surface area contributed by atoms with Crippen LogP contribution in [-0.4, -0.2) is 26.6 Å². The standard InChI is InChI=1S/C21H23N3O5S2/c1-4-19(25)23-21-14(2)24-29-18(21)10-8-17-9-11-20(30-17)31(26,27)22-13-15-6-5-7-16(12-15)28-3/h5-12,22H,4,13H2,1-3H3,(H,23,25). The Morgan fingerprint density at radius 3 is 2.81 bits per heavy atom. The second-order valence-corrected chi connectivity index (χ2v) is 9.68. The number of hydrogen-bond donors (Lipinski definition) is 2. The second kappa shape index (κ2) is 9.90. The van der Waals surface area contributed by atoms with Crippen LogP contribution in [-0.2, 0) is 21.4 Å². The summed E-state index contributed by atoms with van der Waals surface area (Å²) in [4.78, 5) is 12.4. The minimum absolute atomic E-state index is 0.146. The molecule has 0 aliphatic rings. The van der Waals surface area contributed by atoms with E-state index in [2.05, 4.69) is 15.2 Å². The highest BCUT2D eigenvalue weighted by Gasteiger charge is 2.17. The van der Waals surface area contributed by atoms with E-state index in [-0.39, 0.29) is 16.7 Å². The maximum absolute atomic E-state index is 12.6. The molecule has 0 bridgehead atoms. The Morgan fingerprint density at radius 1 is 1.26 bits per heavy atom. The van der Waals surface area contributed by atoms with Crippen molar-refractivity contribution in [3.8, 4) is 5.75 Å². The maximum atomic E-state index is 12.6. The van der Waals surface area contributed by atoms with Crippen molar-refractivity contribution in [3.63, 3.8) is 0 Å². The smallest absolute Gasteiger partial charge is 0.250 e. The fourth-order valence-electron chi connectivity index (χ4n) is 2.64. The number of benzene rings is 1. The number of aromatic nitrogens is 1. The van der Waals surface area contributed by atoms with Gasteiger partial charge in [0.2, 0.25) is 15.9 Å². The van der Waals surface area contributed by atoms with Crippen LogP contribution in [0.4, 0.5) is 5.69 Å². The first kappa shape index (κ1) is 22.7. The lowest BCUT2D eigenvalue weighted by Crippen LogP contribution is -2.22. The molecule has 2 aromatic heterocycles. The molecule has 3 rings (SSSR count). The summed E-state index contributed by atoms with van der Waals surface area (Å²) in [5, 5.41) is 6.63. The Bertz CT molecular complexity index is 1200. The first-order valence-corrected chi connectivity index (χ1v) is 11.8. The van der Waals surface area contributed by atoms with Gasteiger partial charge >= 0.3 is 0 Å². The molecule has 164 valence electrons. The lowest BCUT2D eigenvalue weighted by Gasteiger charge is -2.06. The predicted octanol–water partition coefficient (Wildman–Crippen LogP) is 4.05. The molecular weight excluding hydrogens is 438 g/mol. The molecule has 0 aliphatic heterocycles. The maximum Gasteiger partial charge on any atom is 0.250 e. The van der Waals surface area contributed by atoms with Crippen molar-refractivity contribution in [3.05, 3.63) is 58.3 Å². The van der Waals surface area contributed by atoms with Crippen LogP contribution >= 0.6 is 11.3 Å². The van der Waals surface area contributed by atoms with Crippen LogP contribution in [0.15, 0.2) is 45.1 Å². The summed E-state index contributed by atoms with van der Waals surface area (Å²) in [7, 11) is -2.10. The van der Waals surface area contributed by atoms with E-state index in [1.807, 2.05) is 6.07 Å². The summed E-state index contributed by atoms with van der Waals surface area (Å²) in [5.74, 6) is 0.915. The normalized spacial score (nSPS) is 11.7. The molecular formula is C21H23N3O5S2. The molecule has 0 unspecified atom stereocenters. The lowest BCUT2D eigenvalue weighted by molar-refractivity contribution is -0.115. The van der Waals surface area contributed by atoms with E-state index in [1.54, 1.807) is 63.4 Å². The van der Waals surface area contributed by atoms with Gasteiger partial charge in [-0.15, -0.1) is 11.3 Å². The third-order valence-corrected chi connectivity index (χ3v) is 7.28. The highest BCUT2D eigenvalue weighted by Crippen LogP contribution is 2.26. The van der Waals surface area contributed by atoms with Gasteiger partial charge in [0.15, 0.2) is 5.76 Å². The van der Waals surface area contributed by atoms with Gasteiger partial charge in [0.05, 0.1) is 7.11 Å². The van der Waals surface area contributed by atoms with Crippen molar-refractivity contribution in [2.75, 3.05) is 12.4 Å². The molecule has 0 saturated heterocycles. The first-order chi connectivity index (χ1) is 14.8. The molecule has 0 saturated carbocycles. The zero-order chi connectivity index (χ0) is 22.4. The molecule has 1 amide bonds. The number of methoxy groups -OCH3 is 1. The number of hydrogen-bond acceptors (Lipinski definition) is 7. The molecule has 31 heavy (non-hydrogen) atoms. The van der Waals surface area contributed by atoms with Gasteiger partial charge in [-0.2, -0.15) is 0 Å². The fourth-order valence-corrected chi connectivity index (χ4v) is 4.93. The van der Waals surface area contributed by atoms with E-state index >= 15 is 0 Å². The van der Waals surface area contributed by atoms with Crippen LogP contribution in [0.3, 0.4) is 0 Å². The summed E-state index contributed by atoms with van der Waals surface area (Å²) in [6, 6.07) is 10.4. The largest absolute Gasteiger partial charge is 0.497 e. The third kappa shape index (κ3) is 5.81. The van der Waals surface area contributed by atoms with Gasteiger partial charge in [-0.1, -0.05) is 24.2 Å². The van der Waals surface area contributed by atoms with Crippen molar-refractivity contribution < 1.29 is 22.5 Å². The number of thiophene rings is 1. The zero-order valence-corrected chi connectivity index (χ0v) is 19.0. The highest BCUT2D eigenvalue weighted by atomic mass is 32.2. The van der Waals surface area contributed by atoms with Gasteiger partial charge in [-0.25, -0.2) is 13.1 Å². The summed E-state index contributed by atoms with van der Waals surface area (Å²) in [6.07, 6.45) is 3.70. The molecule has 0 aliphatic carbocycles. The average Bonchev–Trinajstić information content (AvgIpc) is 3.39. The fraction of sp³-hybridized carbons (Fsp3) is 0.238. The number of ether oxygens (including phenoxy) is 1. The van der Waals surface area contributed by atoms with Gasteiger partial charge in [0.1, 0.15) is 21.3 Å². The third-order valence-electron chi connectivity index (χ3n) is 4.34. The number of anilines is 1. The number of carbonyl (C=O) groups is 1. The molecule has 0 radical (unpaired) electrons. The number of amides is 1. The van der Waals surface area contributed by atoms with Crippen LogP contribution < -0.4 is 14.8 Å². The Labute approximate surface area is 185 Å². The molecule has 2 heterocycles. The van der Waals surface area contributed by atoms with E-state index in [1.165, 1.54) is 0 Å². The summed E-state index contributed by atoms with van der Waals surface area (Å²) in [6.45, 7) is 3.64. The summed E-state index contributed by atoms with van der Waals surface area (Å²) >= 11 is 1.12. The summed E-state index contributed by atoms with van der Waals surface area (Å²) < 4.78 is 38.5. The monoisotopic (exact) mass is 461 g/mol. The first-order valence-electron chi connectivity index (χ1n) is 9.49. The Balaban J connectivity index is 1.70. The van der Waals surface area contributed by atoms with Crippen LogP contribution in [0.25, 0.3) is 12.2 Å². The molecule has 0 atom stereocenters. The van der Waals surface area contributed by atoms with E-state index in [9.17, 15) is 13.2 Å². The second-order valence-electron chi connectivity index (χ2n) is 6.58. The minimum atomic E-state index is -3.66. The Kier molecular flexibility index (Phi) is 7.26.